The van der Waals surface area contributed by atoms with Crippen LogP contribution in [0.2, 0.25) is 5.02 Å². The number of hydrogen-bond donors (Lipinski definition) is 3. The monoisotopic (exact) mass is 397 g/mol. The van der Waals surface area contributed by atoms with E-state index in [-0.39, 0.29) is 10.9 Å². The number of amides is 2. The van der Waals surface area contributed by atoms with Crippen molar-refractivity contribution in [3.63, 3.8) is 0 Å². The van der Waals surface area contributed by atoms with Gasteiger partial charge in [-0.1, -0.05) is 23.7 Å². The fourth-order valence-electron chi connectivity index (χ4n) is 2.09. The molecule has 9 heteroatoms. The number of primary sulfonamides is 1. The van der Waals surface area contributed by atoms with E-state index in [0.717, 1.165) is 5.56 Å². The molecule has 2 aromatic rings. The molecule has 0 aliphatic heterocycles. The molecule has 140 valence electrons. The van der Waals surface area contributed by atoms with Crippen LogP contribution < -0.4 is 20.5 Å². The Morgan fingerprint density at radius 2 is 1.62 bits per heavy atom. The molecule has 0 atom stereocenters. The highest BCUT2D eigenvalue weighted by Gasteiger charge is 2.06. The summed E-state index contributed by atoms with van der Waals surface area (Å²) in [5.74, 6) is 0.680. The number of benzene rings is 2. The summed E-state index contributed by atoms with van der Waals surface area (Å²) in [6.07, 6.45) is 0.569. The molecule has 0 unspecified atom stereocenters. The van der Waals surface area contributed by atoms with Gasteiger partial charge in [0.25, 0.3) is 0 Å². The van der Waals surface area contributed by atoms with Crippen molar-refractivity contribution in [1.29, 1.82) is 0 Å². The molecule has 0 heterocycles. The Labute approximate surface area is 157 Å². The van der Waals surface area contributed by atoms with Gasteiger partial charge < -0.3 is 15.4 Å². The van der Waals surface area contributed by atoms with Crippen LogP contribution in [0.5, 0.6) is 5.75 Å². The van der Waals surface area contributed by atoms with Crippen LogP contribution in [0, 0.1) is 0 Å². The first-order valence-corrected chi connectivity index (χ1v) is 9.79. The molecule has 0 bridgehead atoms. The van der Waals surface area contributed by atoms with Crippen molar-refractivity contribution < 1.29 is 17.9 Å². The van der Waals surface area contributed by atoms with Crippen molar-refractivity contribution in [2.45, 2.75) is 11.3 Å². The van der Waals surface area contributed by atoms with Gasteiger partial charge >= 0.3 is 6.03 Å². The highest BCUT2D eigenvalue weighted by atomic mass is 35.5. The third-order valence-corrected chi connectivity index (χ3v) is 4.60. The summed E-state index contributed by atoms with van der Waals surface area (Å²) in [6.45, 7) is 1.11. The zero-order valence-electron chi connectivity index (χ0n) is 13.9. The topological polar surface area (TPSA) is 111 Å². The SMILES string of the molecule is NS(=O)(=O)c1ccc(CCNC(=O)NCCOc2ccc(Cl)cc2)cc1. The van der Waals surface area contributed by atoms with E-state index in [4.69, 9.17) is 21.5 Å². The lowest BCUT2D eigenvalue weighted by molar-refractivity contribution is 0.236. The van der Waals surface area contributed by atoms with Crippen LogP contribution >= 0.6 is 11.6 Å². The number of nitrogens with one attached hydrogen (secondary N) is 2. The summed E-state index contributed by atoms with van der Waals surface area (Å²) in [6, 6.07) is 12.9. The highest BCUT2D eigenvalue weighted by molar-refractivity contribution is 7.89. The number of urea groups is 1. The summed E-state index contributed by atoms with van der Waals surface area (Å²) in [7, 11) is -3.69. The molecule has 2 aromatic carbocycles. The zero-order chi connectivity index (χ0) is 19.0. The summed E-state index contributed by atoms with van der Waals surface area (Å²) < 4.78 is 27.8. The van der Waals surface area contributed by atoms with Gasteiger partial charge in [0.15, 0.2) is 0 Å². The molecule has 0 aliphatic rings. The van der Waals surface area contributed by atoms with Crippen LogP contribution in [0.1, 0.15) is 5.56 Å². The van der Waals surface area contributed by atoms with Crippen LogP contribution in [0.15, 0.2) is 53.4 Å². The van der Waals surface area contributed by atoms with Crippen LogP contribution in [0.4, 0.5) is 4.79 Å². The Morgan fingerprint density at radius 1 is 1.00 bits per heavy atom. The lowest BCUT2D eigenvalue weighted by Gasteiger charge is -2.09. The number of sulfonamides is 1. The van der Waals surface area contributed by atoms with Crippen molar-refractivity contribution in [3.05, 3.63) is 59.1 Å². The Kier molecular flexibility index (Phi) is 7.26. The van der Waals surface area contributed by atoms with Crippen molar-refractivity contribution in [3.8, 4) is 5.75 Å². The fraction of sp³-hybridized carbons (Fsp3) is 0.235. The van der Waals surface area contributed by atoms with Gasteiger partial charge in [-0.05, 0) is 48.4 Å². The van der Waals surface area contributed by atoms with Gasteiger partial charge in [0.05, 0.1) is 11.4 Å². The predicted octanol–water partition coefficient (Wildman–Crippen LogP) is 1.91. The number of ether oxygens (including phenoxy) is 1. The standard InChI is InChI=1S/C17H20ClN3O4S/c18-14-3-5-15(6-4-14)25-12-11-21-17(22)20-10-9-13-1-7-16(8-2-13)26(19,23)24/h1-8H,9-12H2,(H2,19,23,24)(H2,20,21,22). The molecule has 0 spiro atoms. The molecule has 26 heavy (non-hydrogen) atoms. The van der Waals surface area contributed by atoms with Crippen molar-refractivity contribution in [2.75, 3.05) is 19.7 Å². The average Bonchev–Trinajstić information content (AvgIpc) is 2.60. The molecule has 2 rings (SSSR count). The first-order chi connectivity index (χ1) is 12.3. The van der Waals surface area contributed by atoms with E-state index in [1.165, 1.54) is 12.1 Å². The summed E-state index contributed by atoms with van der Waals surface area (Å²) in [4.78, 5) is 11.7. The molecule has 0 saturated heterocycles. The number of rotatable bonds is 8. The number of halogens is 1. The Morgan fingerprint density at radius 3 is 2.23 bits per heavy atom. The van der Waals surface area contributed by atoms with E-state index in [1.807, 2.05) is 0 Å². The maximum Gasteiger partial charge on any atom is 0.314 e. The Balaban J connectivity index is 1.62. The zero-order valence-corrected chi connectivity index (χ0v) is 15.5. The molecule has 0 saturated carbocycles. The minimum atomic E-state index is -3.69. The number of carbonyl (C=O) groups is 1. The lowest BCUT2D eigenvalue weighted by atomic mass is 10.1. The molecule has 0 aromatic heterocycles. The largest absolute Gasteiger partial charge is 0.492 e. The molecule has 4 N–H and O–H groups in total. The van der Waals surface area contributed by atoms with Gasteiger partial charge in [-0.15, -0.1) is 0 Å². The molecule has 0 radical (unpaired) electrons. The second kappa shape index (κ2) is 9.42. The van der Waals surface area contributed by atoms with Crippen LogP contribution in [-0.4, -0.2) is 34.1 Å². The summed E-state index contributed by atoms with van der Waals surface area (Å²) in [5.41, 5.74) is 0.892. The van der Waals surface area contributed by atoms with E-state index >= 15 is 0 Å². The van der Waals surface area contributed by atoms with E-state index in [9.17, 15) is 13.2 Å². The van der Waals surface area contributed by atoms with Gasteiger partial charge in [-0.2, -0.15) is 0 Å². The van der Waals surface area contributed by atoms with Gasteiger partial charge in [0.1, 0.15) is 12.4 Å². The average molecular weight is 398 g/mol. The minimum absolute atomic E-state index is 0.0626. The first kappa shape index (κ1) is 20.0. The number of carbonyl (C=O) groups excluding carboxylic acids is 1. The molecular formula is C17H20ClN3O4S. The van der Waals surface area contributed by atoms with Crippen molar-refractivity contribution in [1.82, 2.24) is 10.6 Å². The lowest BCUT2D eigenvalue weighted by Crippen LogP contribution is -2.38. The second-order valence-corrected chi connectivity index (χ2v) is 7.42. The fourth-order valence-corrected chi connectivity index (χ4v) is 2.73. The van der Waals surface area contributed by atoms with Gasteiger partial charge in [0, 0.05) is 11.6 Å². The van der Waals surface area contributed by atoms with E-state index in [2.05, 4.69) is 10.6 Å². The molecule has 0 aliphatic carbocycles. The first-order valence-electron chi connectivity index (χ1n) is 7.86. The van der Waals surface area contributed by atoms with Gasteiger partial charge in [0.2, 0.25) is 10.0 Å². The van der Waals surface area contributed by atoms with Gasteiger partial charge in [-0.3, -0.25) is 0 Å². The van der Waals surface area contributed by atoms with Crippen LogP contribution in [0.3, 0.4) is 0 Å². The van der Waals surface area contributed by atoms with Crippen LogP contribution in [0.25, 0.3) is 0 Å². The van der Waals surface area contributed by atoms with Crippen molar-refractivity contribution in [2.24, 2.45) is 5.14 Å². The molecule has 7 nitrogen and oxygen atoms in total. The molecule has 2 amide bonds. The maximum absolute atomic E-state index is 11.7. The Bertz CT molecular complexity index is 824. The third kappa shape index (κ3) is 6.91. The minimum Gasteiger partial charge on any atom is -0.492 e. The highest BCUT2D eigenvalue weighted by Crippen LogP contribution is 2.15. The van der Waals surface area contributed by atoms with E-state index in [1.54, 1.807) is 36.4 Å². The number of hydrogen-bond acceptors (Lipinski definition) is 4. The smallest absolute Gasteiger partial charge is 0.314 e. The third-order valence-electron chi connectivity index (χ3n) is 3.42. The number of nitrogens with two attached hydrogens (primary N) is 1. The predicted molar refractivity (Wildman–Crippen MR) is 99.9 cm³/mol. The van der Waals surface area contributed by atoms with Gasteiger partial charge in [-0.25, -0.2) is 18.4 Å². The molecule has 0 fully saturated rings. The van der Waals surface area contributed by atoms with E-state index in [0.29, 0.717) is 36.9 Å². The summed E-state index contributed by atoms with van der Waals surface area (Å²) in [5, 5.41) is 11.1. The quantitative estimate of drug-likeness (QED) is 0.591. The summed E-state index contributed by atoms with van der Waals surface area (Å²) >= 11 is 5.78. The molecular weight excluding hydrogens is 378 g/mol. The van der Waals surface area contributed by atoms with Crippen LogP contribution in [-0.2, 0) is 16.4 Å². The van der Waals surface area contributed by atoms with E-state index < -0.39 is 10.0 Å². The maximum atomic E-state index is 11.7. The normalized spacial score (nSPS) is 11.0. The Hall–Kier alpha value is -2.29. The van der Waals surface area contributed by atoms with Crippen molar-refractivity contribution >= 4 is 27.7 Å². The second-order valence-electron chi connectivity index (χ2n) is 5.42.